The van der Waals surface area contributed by atoms with Crippen molar-refractivity contribution >= 4 is 11.9 Å². The van der Waals surface area contributed by atoms with Crippen LogP contribution >= 0.6 is 0 Å². The molecule has 0 saturated heterocycles. The summed E-state index contributed by atoms with van der Waals surface area (Å²) in [5.41, 5.74) is 1.80. The standard InChI is InChI=1S/C16H23NO3/c1-4-12(9-15(18)19)10-17-16(20)14-7-5-13(6-8-14)11(2)3/h5-8,11-12H,4,9-10H2,1-3H3,(H,17,20)(H,18,19). The lowest BCUT2D eigenvalue weighted by molar-refractivity contribution is -0.138. The fourth-order valence-corrected chi connectivity index (χ4v) is 1.97. The average Bonchev–Trinajstić information content (AvgIpc) is 2.42. The van der Waals surface area contributed by atoms with Crippen molar-refractivity contribution in [1.29, 1.82) is 0 Å². The number of hydrogen-bond acceptors (Lipinski definition) is 2. The molecule has 110 valence electrons. The molecule has 0 bridgehead atoms. The first-order valence-corrected chi connectivity index (χ1v) is 7.04. The van der Waals surface area contributed by atoms with E-state index < -0.39 is 5.97 Å². The van der Waals surface area contributed by atoms with Crippen LogP contribution in [0.5, 0.6) is 0 Å². The highest BCUT2D eigenvalue weighted by Gasteiger charge is 2.13. The van der Waals surface area contributed by atoms with Gasteiger partial charge in [0.2, 0.25) is 0 Å². The molecule has 0 radical (unpaired) electrons. The Kier molecular flexibility index (Phi) is 6.22. The molecule has 4 heteroatoms. The molecule has 0 aromatic heterocycles. The molecule has 0 aliphatic carbocycles. The number of carbonyl (C=O) groups excluding carboxylic acids is 1. The number of carboxylic acid groups (broad SMARTS) is 1. The molecule has 0 heterocycles. The van der Waals surface area contributed by atoms with E-state index in [1.54, 1.807) is 0 Å². The first kappa shape index (κ1) is 16.2. The van der Waals surface area contributed by atoms with Crippen LogP contribution in [0.3, 0.4) is 0 Å². The van der Waals surface area contributed by atoms with E-state index in [1.807, 2.05) is 31.2 Å². The quantitative estimate of drug-likeness (QED) is 0.805. The van der Waals surface area contributed by atoms with Gasteiger partial charge in [0.15, 0.2) is 0 Å². The topological polar surface area (TPSA) is 66.4 Å². The van der Waals surface area contributed by atoms with Crippen LogP contribution in [-0.2, 0) is 4.79 Å². The molecular formula is C16H23NO3. The maximum absolute atomic E-state index is 12.0. The Balaban J connectivity index is 2.55. The minimum Gasteiger partial charge on any atom is -0.481 e. The average molecular weight is 277 g/mol. The lowest BCUT2D eigenvalue weighted by Crippen LogP contribution is -2.30. The van der Waals surface area contributed by atoms with E-state index in [0.29, 0.717) is 18.0 Å². The van der Waals surface area contributed by atoms with Crippen molar-refractivity contribution in [3.05, 3.63) is 35.4 Å². The van der Waals surface area contributed by atoms with Gasteiger partial charge in [0.25, 0.3) is 5.91 Å². The van der Waals surface area contributed by atoms with E-state index >= 15 is 0 Å². The molecule has 0 aliphatic heterocycles. The van der Waals surface area contributed by atoms with E-state index in [2.05, 4.69) is 19.2 Å². The second kappa shape index (κ2) is 7.68. The number of aliphatic carboxylic acids is 1. The molecule has 0 aliphatic rings. The van der Waals surface area contributed by atoms with Crippen LogP contribution in [0, 0.1) is 5.92 Å². The Morgan fingerprint density at radius 2 is 1.80 bits per heavy atom. The van der Waals surface area contributed by atoms with Gasteiger partial charge in [-0.2, -0.15) is 0 Å². The second-order valence-corrected chi connectivity index (χ2v) is 5.36. The number of rotatable bonds is 7. The monoisotopic (exact) mass is 277 g/mol. The van der Waals surface area contributed by atoms with Crippen molar-refractivity contribution in [2.45, 2.75) is 39.5 Å². The zero-order valence-electron chi connectivity index (χ0n) is 12.3. The van der Waals surface area contributed by atoms with Crippen molar-refractivity contribution < 1.29 is 14.7 Å². The molecule has 1 rings (SSSR count). The van der Waals surface area contributed by atoms with Gasteiger partial charge in [-0.3, -0.25) is 9.59 Å². The number of benzene rings is 1. The summed E-state index contributed by atoms with van der Waals surface area (Å²) in [5.74, 6) is -0.560. The van der Waals surface area contributed by atoms with Crippen molar-refractivity contribution in [2.75, 3.05) is 6.54 Å². The minimum atomic E-state index is -0.826. The predicted octanol–water partition coefficient (Wildman–Crippen LogP) is 3.04. The van der Waals surface area contributed by atoms with Crippen molar-refractivity contribution in [1.82, 2.24) is 5.32 Å². The van der Waals surface area contributed by atoms with Gasteiger partial charge in [-0.05, 0) is 29.5 Å². The van der Waals surface area contributed by atoms with E-state index in [-0.39, 0.29) is 18.2 Å². The zero-order valence-corrected chi connectivity index (χ0v) is 12.3. The van der Waals surface area contributed by atoms with Gasteiger partial charge in [0, 0.05) is 18.5 Å². The third kappa shape index (κ3) is 5.03. The maximum atomic E-state index is 12.0. The minimum absolute atomic E-state index is 0.0219. The van der Waals surface area contributed by atoms with Crippen LogP contribution in [0.15, 0.2) is 24.3 Å². The maximum Gasteiger partial charge on any atom is 0.303 e. The Bertz CT molecular complexity index is 451. The van der Waals surface area contributed by atoms with Gasteiger partial charge in [-0.15, -0.1) is 0 Å². The molecule has 1 unspecified atom stereocenters. The van der Waals surface area contributed by atoms with Crippen LogP contribution in [0.4, 0.5) is 0 Å². The molecule has 0 spiro atoms. The summed E-state index contributed by atoms with van der Waals surface area (Å²) in [7, 11) is 0. The number of amides is 1. The SMILES string of the molecule is CCC(CNC(=O)c1ccc(C(C)C)cc1)CC(=O)O. The lowest BCUT2D eigenvalue weighted by atomic mass is 10.0. The fourth-order valence-electron chi connectivity index (χ4n) is 1.97. The molecule has 1 atom stereocenters. The largest absolute Gasteiger partial charge is 0.481 e. The Morgan fingerprint density at radius 1 is 1.20 bits per heavy atom. The zero-order chi connectivity index (χ0) is 15.1. The number of carboxylic acids is 1. The van der Waals surface area contributed by atoms with Crippen LogP contribution < -0.4 is 5.32 Å². The predicted molar refractivity (Wildman–Crippen MR) is 78.9 cm³/mol. The van der Waals surface area contributed by atoms with Crippen LogP contribution in [0.2, 0.25) is 0 Å². The molecule has 0 fully saturated rings. The smallest absolute Gasteiger partial charge is 0.303 e. The fraction of sp³-hybridized carbons (Fsp3) is 0.500. The molecule has 0 saturated carbocycles. The number of nitrogens with one attached hydrogen (secondary N) is 1. The van der Waals surface area contributed by atoms with Crippen LogP contribution in [0.25, 0.3) is 0 Å². The normalized spacial score (nSPS) is 12.2. The Hall–Kier alpha value is -1.84. The van der Waals surface area contributed by atoms with Gasteiger partial charge in [0.1, 0.15) is 0 Å². The molecule has 1 aromatic carbocycles. The first-order chi connectivity index (χ1) is 9.43. The Labute approximate surface area is 120 Å². The molecule has 1 amide bonds. The Morgan fingerprint density at radius 3 is 2.25 bits per heavy atom. The molecule has 2 N–H and O–H groups in total. The van der Waals surface area contributed by atoms with Gasteiger partial charge in [-0.1, -0.05) is 39.3 Å². The van der Waals surface area contributed by atoms with Crippen LogP contribution in [-0.4, -0.2) is 23.5 Å². The van der Waals surface area contributed by atoms with E-state index in [1.165, 1.54) is 5.56 Å². The van der Waals surface area contributed by atoms with Crippen molar-refractivity contribution in [3.63, 3.8) is 0 Å². The van der Waals surface area contributed by atoms with Gasteiger partial charge >= 0.3 is 5.97 Å². The lowest BCUT2D eigenvalue weighted by Gasteiger charge is -2.13. The van der Waals surface area contributed by atoms with E-state index in [0.717, 1.165) is 6.42 Å². The van der Waals surface area contributed by atoms with E-state index in [9.17, 15) is 9.59 Å². The second-order valence-electron chi connectivity index (χ2n) is 5.36. The van der Waals surface area contributed by atoms with Crippen molar-refractivity contribution in [3.8, 4) is 0 Å². The summed E-state index contributed by atoms with van der Waals surface area (Å²) in [6.45, 7) is 6.53. The summed E-state index contributed by atoms with van der Waals surface area (Å²) in [4.78, 5) is 22.6. The third-order valence-corrected chi connectivity index (χ3v) is 3.43. The summed E-state index contributed by atoms with van der Waals surface area (Å²) in [6.07, 6.45) is 0.821. The van der Waals surface area contributed by atoms with Gasteiger partial charge in [-0.25, -0.2) is 0 Å². The highest BCUT2D eigenvalue weighted by atomic mass is 16.4. The third-order valence-electron chi connectivity index (χ3n) is 3.43. The number of hydrogen-bond donors (Lipinski definition) is 2. The molecule has 20 heavy (non-hydrogen) atoms. The van der Waals surface area contributed by atoms with Gasteiger partial charge < -0.3 is 10.4 Å². The first-order valence-electron chi connectivity index (χ1n) is 7.04. The molecular weight excluding hydrogens is 254 g/mol. The summed E-state index contributed by atoms with van der Waals surface area (Å²) in [5, 5.41) is 11.6. The highest BCUT2D eigenvalue weighted by molar-refractivity contribution is 5.94. The molecule has 1 aromatic rings. The van der Waals surface area contributed by atoms with Crippen molar-refractivity contribution in [2.24, 2.45) is 5.92 Å². The summed E-state index contributed by atoms with van der Waals surface area (Å²) >= 11 is 0. The highest BCUT2D eigenvalue weighted by Crippen LogP contribution is 2.15. The van der Waals surface area contributed by atoms with Crippen LogP contribution in [0.1, 0.15) is 55.5 Å². The summed E-state index contributed by atoms with van der Waals surface area (Å²) in [6, 6.07) is 7.52. The van der Waals surface area contributed by atoms with E-state index in [4.69, 9.17) is 5.11 Å². The number of carbonyl (C=O) groups is 2. The summed E-state index contributed by atoms with van der Waals surface area (Å²) < 4.78 is 0. The molecule has 4 nitrogen and oxygen atoms in total. The van der Waals surface area contributed by atoms with Gasteiger partial charge in [0.05, 0.1) is 0 Å².